The Hall–Kier alpha value is -2.25. The fourth-order valence-electron chi connectivity index (χ4n) is 3.53. The predicted molar refractivity (Wildman–Crippen MR) is 109 cm³/mol. The second-order valence-electron chi connectivity index (χ2n) is 7.58. The summed E-state index contributed by atoms with van der Waals surface area (Å²) in [5, 5.41) is 2.81. The number of nitrogens with one attached hydrogen (secondary N) is 1. The van der Waals surface area contributed by atoms with Gasteiger partial charge in [-0.1, -0.05) is 26.3 Å². The molecule has 0 aliphatic carbocycles. The number of piperidine rings is 1. The van der Waals surface area contributed by atoms with Gasteiger partial charge in [-0.05, 0) is 54.7 Å². The molecule has 1 aromatic heterocycles. The Morgan fingerprint density at radius 2 is 1.96 bits per heavy atom. The second-order valence-corrected chi connectivity index (χ2v) is 9.47. The molecule has 2 heterocycles. The van der Waals surface area contributed by atoms with Gasteiger partial charge in [0.1, 0.15) is 0 Å². The van der Waals surface area contributed by atoms with E-state index in [-0.39, 0.29) is 22.8 Å². The van der Waals surface area contributed by atoms with Gasteiger partial charge in [-0.3, -0.25) is 9.78 Å². The number of hydrogen-bond donors (Lipinski definition) is 1. The molecule has 7 heteroatoms. The quantitative estimate of drug-likeness (QED) is 0.794. The molecule has 0 spiro atoms. The smallest absolute Gasteiger partial charge is 0.243 e. The van der Waals surface area contributed by atoms with Gasteiger partial charge in [-0.15, -0.1) is 0 Å². The van der Waals surface area contributed by atoms with Crippen LogP contribution in [0.15, 0.2) is 53.7 Å². The summed E-state index contributed by atoms with van der Waals surface area (Å²) in [6, 6.07) is 9.99. The van der Waals surface area contributed by atoms with Gasteiger partial charge in [0.15, 0.2) is 0 Å². The van der Waals surface area contributed by atoms with E-state index in [4.69, 9.17) is 0 Å². The molecule has 1 aliphatic rings. The van der Waals surface area contributed by atoms with Crippen molar-refractivity contribution in [3.05, 3.63) is 54.4 Å². The Morgan fingerprint density at radius 1 is 1.21 bits per heavy atom. The molecule has 28 heavy (non-hydrogen) atoms. The van der Waals surface area contributed by atoms with Gasteiger partial charge in [-0.25, -0.2) is 8.42 Å². The first-order valence-corrected chi connectivity index (χ1v) is 11.1. The Balaban J connectivity index is 1.80. The third-order valence-corrected chi connectivity index (χ3v) is 6.78. The molecule has 1 aromatic carbocycles. The lowest BCUT2D eigenvalue weighted by Crippen LogP contribution is -2.38. The number of carbonyl (C=O) groups excluding carboxylic acids is 1. The summed E-state index contributed by atoms with van der Waals surface area (Å²) >= 11 is 0. The zero-order valence-electron chi connectivity index (χ0n) is 16.3. The maximum absolute atomic E-state index is 13.3. The number of amides is 1. The molecule has 6 nitrogen and oxygen atoms in total. The van der Waals surface area contributed by atoms with Crippen LogP contribution in [-0.2, 0) is 14.8 Å². The average molecular weight is 402 g/mol. The molecule has 0 unspecified atom stereocenters. The normalized spacial score (nSPS) is 18.2. The zero-order valence-corrected chi connectivity index (χ0v) is 17.2. The van der Waals surface area contributed by atoms with Gasteiger partial charge in [-0.2, -0.15) is 4.31 Å². The number of carbonyl (C=O) groups is 1. The fraction of sp³-hybridized carbons (Fsp3) is 0.429. The van der Waals surface area contributed by atoms with Crippen molar-refractivity contribution in [2.24, 2.45) is 5.92 Å². The lowest BCUT2D eigenvalue weighted by atomic mass is 9.99. The van der Waals surface area contributed by atoms with E-state index in [1.165, 1.54) is 0 Å². The molecule has 0 saturated carbocycles. The van der Waals surface area contributed by atoms with Crippen LogP contribution in [0.4, 0.5) is 5.69 Å². The molecule has 1 saturated heterocycles. The Kier molecular flexibility index (Phi) is 6.46. The number of aromatic nitrogens is 1. The second kappa shape index (κ2) is 8.84. The van der Waals surface area contributed by atoms with Crippen molar-refractivity contribution < 1.29 is 13.2 Å². The molecule has 1 fully saturated rings. The Labute approximate surface area is 167 Å². The number of hydrogen-bond acceptors (Lipinski definition) is 4. The largest absolute Gasteiger partial charge is 0.326 e. The average Bonchev–Trinajstić information content (AvgIpc) is 2.68. The topological polar surface area (TPSA) is 79.4 Å². The van der Waals surface area contributed by atoms with Crippen LogP contribution in [0.25, 0.3) is 0 Å². The van der Waals surface area contributed by atoms with Gasteiger partial charge in [0.25, 0.3) is 0 Å². The summed E-state index contributed by atoms with van der Waals surface area (Å²) in [4.78, 5) is 16.3. The summed E-state index contributed by atoms with van der Waals surface area (Å²) in [5.41, 5.74) is 1.52. The Morgan fingerprint density at radius 3 is 2.61 bits per heavy atom. The summed E-state index contributed by atoms with van der Waals surface area (Å²) in [5.74, 6) is 0.196. The highest BCUT2D eigenvalue weighted by molar-refractivity contribution is 7.89. The van der Waals surface area contributed by atoms with Crippen LogP contribution in [0.2, 0.25) is 0 Å². The van der Waals surface area contributed by atoms with E-state index in [0.717, 1.165) is 24.8 Å². The summed E-state index contributed by atoms with van der Waals surface area (Å²) < 4.78 is 28.1. The van der Waals surface area contributed by atoms with Crippen LogP contribution >= 0.6 is 0 Å². The molecule has 1 amide bonds. The lowest BCUT2D eigenvalue weighted by Gasteiger charge is -2.34. The number of anilines is 1. The van der Waals surface area contributed by atoms with Crippen molar-refractivity contribution >= 4 is 21.6 Å². The molecule has 2 aromatic rings. The number of sulfonamides is 1. The van der Waals surface area contributed by atoms with Gasteiger partial charge in [0.05, 0.1) is 10.9 Å². The highest BCUT2D eigenvalue weighted by Crippen LogP contribution is 2.35. The van der Waals surface area contributed by atoms with Crippen molar-refractivity contribution in [1.29, 1.82) is 0 Å². The predicted octanol–water partition coefficient (Wildman–Crippen LogP) is 3.98. The van der Waals surface area contributed by atoms with Crippen molar-refractivity contribution in [2.45, 2.75) is 50.5 Å². The minimum absolute atomic E-state index is 0.0710. The Bertz CT molecular complexity index is 896. The van der Waals surface area contributed by atoms with E-state index in [0.29, 0.717) is 18.7 Å². The van der Waals surface area contributed by atoms with Gasteiger partial charge in [0.2, 0.25) is 15.9 Å². The summed E-state index contributed by atoms with van der Waals surface area (Å²) in [6.07, 6.45) is 6.49. The van der Waals surface area contributed by atoms with Crippen LogP contribution < -0.4 is 5.32 Å². The monoisotopic (exact) mass is 401 g/mol. The summed E-state index contributed by atoms with van der Waals surface area (Å²) in [6.45, 7) is 4.45. The van der Waals surface area contributed by atoms with E-state index < -0.39 is 10.0 Å². The zero-order chi connectivity index (χ0) is 20.1. The third-order valence-electron chi connectivity index (χ3n) is 4.86. The van der Waals surface area contributed by atoms with Crippen LogP contribution in [0, 0.1) is 5.92 Å². The van der Waals surface area contributed by atoms with E-state index in [1.54, 1.807) is 41.0 Å². The van der Waals surface area contributed by atoms with E-state index in [1.807, 2.05) is 26.0 Å². The minimum Gasteiger partial charge on any atom is -0.326 e. The molecule has 1 atom stereocenters. The van der Waals surface area contributed by atoms with Crippen molar-refractivity contribution in [3.8, 4) is 0 Å². The van der Waals surface area contributed by atoms with E-state index in [2.05, 4.69) is 10.3 Å². The standard InChI is InChI=1S/C21H27N3O3S/c1-16(2)14-21(25)23-18-8-10-19(11-9-18)28(26,27)24-13-4-3-7-20(24)17-6-5-12-22-15-17/h5-6,8-12,15-16,20H,3-4,7,13-14H2,1-2H3,(H,23,25)/t20-/m0/s1. The van der Waals surface area contributed by atoms with Crippen LogP contribution in [0.5, 0.6) is 0 Å². The highest BCUT2D eigenvalue weighted by Gasteiger charge is 2.34. The molecular formula is C21H27N3O3S. The van der Waals surface area contributed by atoms with Gasteiger partial charge in [0, 0.05) is 31.0 Å². The minimum atomic E-state index is -3.63. The van der Waals surface area contributed by atoms with Crippen molar-refractivity contribution in [1.82, 2.24) is 9.29 Å². The molecule has 0 bridgehead atoms. The van der Waals surface area contributed by atoms with Crippen molar-refractivity contribution in [2.75, 3.05) is 11.9 Å². The van der Waals surface area contributed by atoms with Gasteiger partial charge < -0.3 is 5.32 Å². The molecule has 1 N–H and O–H groups in total. The van der Waals surface area contributed by atoms with Crippen LogP contribution in [0.3, 0.4) is 0 Å². The fourth-order valence-corrected chi connectivity index (χ4v) is 5.21. The lowest BCUT2D eigenvalue weighted by molar-refractivity contribution is -0.116. The third kappa shape index (κ3) is 4.77. The van der Waals surface area contributed by atoms with Crippen LogP contribution in [-0.4, -0.2) is 30.2 Å². The molecule has 0 radical (unpaired) electrons. The SMILES string of the molecule is CC(C)CC(=O)Nc1ccc(S(=O)(=O)N2CCCC[C@H]2c2cccnc2)cc1. The van der Waals surface area contributed by atoms with E-state index >= 15 is 0 Å². The van der Waals surface area contributed by atoms with Crippen molar-refractivity contribution in [3.63, 3.8) is 0 Å². The molecule has 1 aliphatic heterocycles. The van der Waals surface area contributed by atoms with Gasteiger partial charge >= 0.3 is 0 Å². The number of nitrogens with zero attached hydrogens (tertiary/aromatic N) is 2. The number of pyridine rings is 1. The van der Waals surface area contributed by atoms with Crippen LogP contribution in [0.1, 0.15) is 51.1 Å². The first kappa shape index (κ1) is 20.5. The molecule has 3 rings (SSSR count). The van der Waals surface area contributed by atoms with E-state index in [9.17, 15) is 13.2 Å². The molecular weight excluding hydrogens is 374 g/mol. The number of benzene rings is 1. The maximum atomic E-state index is 13.3. The highest BCUT2D eigenvalue weighted by atomic mass is 32.2. The maximum Gasteiger partial charge on any atom is 0.243 e. The summed E-state index contributed by atoms with van der Waals surface area (Å²) in [7, 11) is -3.63. The number of rotatable bonds is 6. The first-order chi connectivity index (χ1) is 13.4. The first-order valence-electron chi connectivity index (χ1n) is 9.69. The molecule has 150 valence electrons.